The molecule has 0 saturated carbocycles. The van der Waals surface area contributed by atoms with E-state index in [2.05, 4.69) is 14.2 Å². The van der Waals surface area contributed by atoms with Gasteiger partial charge in [-0.05, 0) is 12.8 Å². The van der Waals surface area contributed by atoms with Crippen molar-refractivity contribution in [2.24, 2.45) is 0 Å². The van der Waals surface area contributed by atoms with Crippen molar-refractivity contribution in [1.29, 1.82) is 0 Å². The average Bonchev–Trinajstić information content (AvgIpc) is 3.05. The van der Waals surface area contributed by atoms with Crippen LogP contribution in [0.1, 0.15) is 12.8 Å². The molecule has 1 rings (SSSR count). The van der Waals surface area contributed by atoms with Crippen LogP contribution in [-0.4, -0.2) is 73.3 Å². The quantitative estimate of drug-likeness (QED) is 0.366. The number of hydrogen-bond acceptors (Lipinski definition) is 8. The van der Waals surface area contributed by atoms with Gasteiger partial charge < -0.3 is 24.2 Å². The highest BCUT2D eigenvalue weighted by Gasteiger charge is 2.37. The summed E-state index contributed by atoms with van der Waals surface area (Å²) in [6.07, 6.45) is 1.13. The number of nitrogens with zero attached hydrogens (tertiary/aromatic N) is 1. The van der Waals surface area contributed by atoms with Crippen LogP contribution in [0, 0.1) is 0 Å². The molecule has 23 heavy (non-hydrogen) atoms. The first-order chi connectivity index (χ1) is 10.9. The van der Waals surface area contributed by atoms with E-state index in [0.717, 1.165) is 19.3 Å². The van der Waals surface area contributed by atoms with E-state index < -0.39 is 42.6 Å². The first-order valence-corrected chi connectivity index (χ1v) is 6.89. The normalized spacial score (nSPS) is 18.6. The van der Waals surface area contributed by atoms with E-state index in [1.54, 1.807) is 0 Å². The number of aliphatic hydroxyl groups excluding tert-OH is 1. The van der Waals surface area contributed by atoms with Gasteiger partial charge in [0.1, 0.15) is 12.6 Å². The van der Waals surface area contributed by atoms with Crippen LogP contribution < -0.4 is 0 Å². The number of ether oxygens (including phenoxy) is 3. The summed E-state index contributed by atoms with van der Waals surface area (Å²) in [5.41, 5.74) is 0. The van der Waals surface area contributed by atoms with Crippen molar-refractivity contribution < 1.29 is 38.5 Å². The van der Waals surface area contributed by atoms with Crippen molar-refractivity contribution in [1.82, 2.24) is 4.90 Å². The Bertz CT molecular complexity index is 501. The predicted octanol–water partition coefficient (Wildman–Crippen LogP) is -1.22. The van der Waals surface area contributed by atoms with Crippen LogP contribution in [0.3, 0.4) is 0 Å². The third kappa shape index (κ3) is 5.37. The number of carbonyl (C=O) groups is 4. The van der Waals surface area contributed by atoms with Gasteiger partial charge in [-0.1, -0.05) is 0 Å². The van der Waals surface area contributed by atoms with Gasteiger partial charge in [-0.25, -0.2) is 14.4 Å². The number of esters is 3. The van der Waals surface area contributed by atoms with Gasteiger partial charge in [0.15, 0.2) is 6.10 Å². The molecule has 9 nitrogen and oxygen atoms in total. The Labute approximate surface area is 132 Å². The van der Waals surface area contributed by atoms with Crippen LogP contribution in [0.25, 0.3) is 0 Å². The fourth-order valence-electron chi connectivity index (χ4n) is 2.09. The van der Waals surface area contributed by atoms with Crippen molar-refractivity contribution in [2.45, 2.75) is 25.0 Å². The van der Waals surface area contributed by atoms with Crippen molar-refractivity contribution in [2.75, 3.05) is 27.4 Å². The fourth-order valence-corrected chi connectivity index (χ4v) is 2.09. The van der Waals surface area contributed by atoms with Crippen molar-refractivity contribution >= 4 is 23.8 Å². The summed E-state index contributed by atoms with van der Waals surface area (Å²) in [7, 11) is 2.36. The average molecular weight is 329 g/mol. The van der Waals surface area contributed by atoms with Crippen molar-refractivity contribution in [3.63, 3.8) is 0 Å². The Morgan fingerprint density at radius 3 is 2.43 bits per heavy atom. The first-order valence-electron chi connectivity index (χ1n) is 6.89. The summed E-state index contributed by atoms with van der Waals surface area (Å²) in [6.45, 7) is -0.278. The Balaban J connectivity index is 2.51. The molecule has 1 aliphatic rings. The summed E-state index contributed by atoms with van der Waals surface area (Å²) >= 11 is 0. The highest BCUT2D eigenvalue weighted by Crippen LogP contribution is 2.19. The lowest BCUT2D eigenvalue weighted by Gasteiger charge is -2.24. The number of carbonyl (C=O) groups excluding carboxylic acids is 4. The second-order valence-electron chi connectivity index (χ2n) is 4.72. The number of aliphatic hydroxyl groups is 1. The van der Waals surface area contributed by atoms with E-state index in [1.165, 1.54) is 12.0 Å². The molecule has 9 heteroatoms. The highest BCUT2D eigenvalue weighted by atomic mass is 16.5. The largest absolute Gasteiger partial charge is 0.467 e. The van der Waals surface area contributed by atoms with Crippen LogP contribution in [0.4, 0.5) is 0 Å². The molecule has 0 radical (unpaired) electrons. The fraction of sp³-hybridized carbons (Fsp3) is 0.571. The maximum atomic E-state index is 12.1. The number of hydrogen-bond donors (Lipinski definition) is 1. The smallest absolute Gasteiger partial charge is 0.331 e. The summed E-state index contributed by atoms with van der Waals surface area (Å²) in [5.74, 6) is -2.92. The molecule has 0 aromatic heterocycles. The number of rotatable bonds is 6. The minimum absolute atomic E-state index is 0.311. The molecule has 0 aliphatic carbocycles. The van der Waals surface area contributed by atoms with Gasteiger partial charge in [0.2, 0.25) is 0 Å². The molecule has 0 aromatic rings. The third-order valence-corrected chi connectivity index (χ3v) is 3.23. The zero-order chi connectivity index (χ0) is 17.4. The SMILES string of the molecule is COC(=O)/C=C/C(=O)OCC(O)C(=O)N1CCC[C@H]1C(=O)OC. The molecule has 2 atom stereocenters. The van der Waals surface area contributed by atoms with E-state index in [1.807, 2.05) is 0 Å². The van der Waals surface area contributed by atoms with E-state index in [0.29, 0.717) is 19.4 Å². The zero-order valence-corrected chi connectivity index (χ0v) is 12.9. The molecule has 0 aromatic carbocycles. The van der Waals surface area contributed by atoms with Crippen molar-refractivity contribution in [3.05, 3.63) is 12.2 Å². The van der Waals surface area contributed by atoms with E-state index in [4.69, 9.17) is 0 Å². The van der Waals surface area contributed by atoms with Crippen LogP contribution >= 0.6 is 0 Å². The van der Waals surface area contributed by atoms with Gasteiger partial charge in [0.05, 0.1) is 14.2 Å². The molecular weight excluding hydrogens is 310 g/mol. The van der Waals surface area contributed by atoms with E-state index in [-0.39, 0.29) is 0 Å². The third-order valence-electron chi connectivity index (χ3n) is 3.23. The van der Waals surface area contributed by atoms with E-state index in [9.17, 15) is 24.3 Å². The molecule has 1 aliphatic heterocycles. The Morgan fingerprint density at radius 2 is 1.83 bits per heavy atom. The standard InChI is InChI=1S/C14H19NO8/c1-21-11(17)5-6-12(18)23-8-10(16)13(19)15-7-3-4-9(15)14(20)22-2/h5-6,9-10,16H,3-4,7-8H2,1-2H3/b6-5+/t9-,10?/m0/s1. The van der Waals surface area contributed by atoms with Crippen LogP contribution in [0.15, 0.2) is 12.2 Å². The van der Waals surface area contributed by atoms with Gasteiger partial charge in [-0.2, -0.15) is 0 Å². The molecule has 1 heterocycles. The number of amides is 1. The number of methoxy groups -OCH3 is 2. The summed E-state index contributed by atoms with van der Waals surface area (Å²) < 4.78 is 13.5. The Morgan fingerprint density at radius 1 is 1.17 bits per heavy atom. The second-order valence-corrected chi connectivity index (χ2v) is 4.72. The summed E-state index contributed by atoms with van der Waals surface area (Å²) in [6, 6.07) is -0.739. The first kappa shape index (κ1) is 18.6. The van der Waals surface area contributed by atoms with Crippen LogP contribution in [0.2, 0.25) is 0 Å². The van der Waals surface area contributed by atoms with Gasteiger partial charge in [-0.3, -0.25) is 4.79 Å². The maximum absolute atomic E-state index is 12.1. The molecular formula is C14H19NO8. The second kappa shape index (κ2) is 8.89. The van der Waals surface area contributed by atoms with Crippen molar-refractivity contribution in [3.8, 4) is 0 Å². The molecule has 1 fully saturated rings. The topological polar surface area (TPSA) is 119 Å². The molecule has 1 amide bonds. The maximum Gasteiger partial charge on any atom is 0.331 e. The zero-order valence-electron chi connectivity index (χ0n) is 12.9. The minimum Gasteiger partial charge on any atom is -0.467 e. The van der Waals surface area contributed by atoms with Crippen LogP contribution in [-0.2, 0) is 33.4 Å². The monoisotopic (exact) mass is 329 g/mol. The molecule has 1 saturated heterocycles. The number of likely N-dealkylation sites (tertiary alicyclic amines) is 1. The molecule has 1 N–H and O–H groups in total. The summed E-state index contributed by atoms with van der Waals surface area (Å²) in [5, 5.41) is 9.79. The lowest BCUT2D eigenvalue weighted by atomic mass is 10.2. The van der Waals surface area contributed by atoms with Gasteiger partial charge >= 0.3 is 17.9 Å². The van der Waals surface area contributed by atoms with Gasteiger partial charge in [-0.15, -0.1) is 0 Å². The summed E-state index contributed by atoms with van der Waals surface area (Å²) in [4.78, 5) is 46.9. The molecule has 1 unspecified atom stereocenters. The molecule has 128 valence electrons. The lowest BCUT2D eigenvalue weighted by Crippen LogP contribution is -2.47. The van der Waals surface area contributed by atoms with Gasteiger partial charge in [0, 0.05) is 18.7 Å². The minimum atomic E-state index is -1.60. The van der Waals surface area contributed by atoms with E-state index >= 15 is 0 Å². The molecule has 0 spiro atoms. The van der Waals surface area contributed by atoms with Gasteiger partial charge in [0.25, 0.3) is 5.91 Å². The molecule has 0 bridgehead atoms. The Hall–Kier alpha value is -2.42. The lowest BCUT2D eigenvalue weighted by molar-refractivity contribution is -0.157. The van der Waals surface area contributed by atoms with Crippen LogP contribution in [0.5, 0.6) is 0 Å². The highest BCUT2D eigenvalue weighted by molar-refractivity contribution is 5.92. The Kier molecular flexibility index (Phi) is 7.20. The predicted molar refractivity (Wildman–Crippen MR) is 74.9 cm³/mol.